The molecule has 0 unspecified atom stereocenters. The molecule has 1 saturated carbocycles. The van der Waals surface area contributed by atoms with Gasteiger partial charge in [-0.25, -0.2) is 9.67 Å². The van der Waals surface area contributed by atoms with Crippen LogP contribution in [0.2, 0.25) is 0 Å². The summed E-state index contributed by atoms with van der Waals surface area (Å²) < 4.78 is 8.25. The maximum Gasteiger partial charge on any atom is 0.264 e. The second-order valence-electron chi connectivity index (χ2n) is 10.5. The highest BCUT2D eigenvalue weighted by Gasteiger charge is 2.39. The van der Waals surface area contributed by atoms with Gasteiger partial charge in [-0.1, -0.05) is 12.1 Å². The third-order valence-corrected chi connectivity index (χ3v) is 7.67. The number of nitrogens with zero attached hydrogens (tertiary/aromatic N) is 5. The van der Waals surface area contributed by atoms with Crippen LogP contribution in [-0.2, 0) is 11.3 Å². The van der Waals surface area contributed by atoms with E-state index in [1.807, 2.05) is 4.90 Å². The first-order valence-corrected chi connectivity index (χ1v) is 13.3. The second kappa shape index (κ2) is 10.2. The van der Waals surface area contributed by atoms with Crippen molar-refractivity contribution in [2.75, 3.05) is 25.5 Å². The zero-order valence-corrected chi connectivity index (χ0v) is 22.1. The molecule has 2 amide bonds. The van der Waals surface area contributed by atoms with Crippen molar-refractivity contribution >= 4 is 28.5 Å². The monoisotopic (exact) mass is 542 g/mol. The lowest BCUT2D eigenvalue weighted by molar-refractivity contribution is -0.137. The first kappa shape index (κ1) is 25.8. The minimum atomic E-state index is -1.08. The molecule has 0 radical (unpaired) electrons. The molecule has 2 aliphatic rings. The molecule has 40 heavy (non-hydrogen) atoms. The van der Waals surface area contributed by atoms with Crippen LogP contribution in [0.4, 0.5) is 5.69 Å². The maximum atomic E-state index is 13.3. The quantitative estimate of drug-likeness (QED) is 0.367. The van der Waals surface area contributed by atoms with Crippen LogP contribution >= 0.6 is 0 Å². The molecule has 0 spiro atoms. The van der Waals surface area contributed by atoms with Crippen molar-refractivity contribution in [3.8, 4) is 11.4 Å². The third-order valence-electron chi connectivity index (χ3n) is 7.67. The Balaban J connectivity index is 1.16. The number of benzene rings is 2. The van der Waals surface area contributed by atoms with Crippen molar-refractivity contribution in [1.29, 1.82) is 0 Å². The lowest BCUT2D eigenvalue weighted by Gasteiger charge is -2.38. The van der Waals surface area contributed by atoms with E-state index < -0.39 is 5.60 Å². The standard InChI is InChI=1S/C29H30N6O5/c1-40-24-5-3-2-4-22(24)26(36)32-20-8-10-21(11-9-20)35-25-23(16-31-35)28(38)34(18-30-25)17-29(39)12-14-33(15-13-29)27(37)19-6-7-19/h2-5,8-11,16,18-19,39H,6-7,12-15,17H2,1H3,(H,32,36). The van der Waals surface area contributed by atoms with Crippen LogP contribution in [0.25, 0.3) is 16.7 Å². The molecule has 1 aliphatic heterocycles. The molecule has 206 valence electrons. The van der Waals surface area contributed by atoms with E-state index in [4.69, 9.17) is 4.74 Å². The number of rotatable bonds is 7. The van der Waals surface area contributed by atoms with Crippen LogP contribution in [-0.4, -0.2) is 67.0 Å². The molecule has 2 aromatic heterocycles. The van der Waals surface area contributed by atoms with Gasteiger partial charge >= 0.3 is 0 Å². The van der Waals surface area contributed by atoms with E-state index in [0.29, 0.717) is 59.7 Å². The molecule has 11 heteroatoms. The van der Waals surface area contributed by atoms with Crippen LogP contribution in [0.5, 0.6) is 5.75 Å². The van der Waals surface area contributed by atoms with Gasteiger partial charge in [0.15, 0.2) is 5.65 Å². The fourth-order valence-electron chi connectivity index (χ4n) is 5.17. The molecule has 0 bridgehead atoms. The topological polar surface area (TPSA) is 132 Å². The number of likely N-dealkylation sites (tertiary alicyclic amines) is 1. The first-order valence-electron chi connectivity index (χ1n) is 13.3. The highest BCUT2D eigenvalue weighted by Crippen LogP contribution is 2.33. The number of carbonyl (C=O) groups is 2. The Morgan fingerprint density at radius 3 is 2.52 bits per heavy atom. The summed E-state index contributed by atoms with van der Waals surface area (Å²) >= 11 is 0. The highest BCUT2D eigenvalue weighted by atomic mass is 16.5. The summed E-state index contributed by atoms with van der Waals surface area (Å²) in [5, 5.41) is 18.7. The van der Waals surface area contributed by atoms with E-state index >= 15 is 0 Å². The number of hydrogen-bond donors (Lipinski definition) is 2. The van der Waals surface area contributed by atoms with E-state index in [1.165, 1.54) is 24.2 Å². The minimum Gasteiger partial charge on any atom is -0.496 e. The Hall–Kier alpha value is -4.51. The van der Waals surface area contributed by atoms with E-state index in [2.05, 4.69) is 15.4 Å². The molecule has 4 aromatic rings. The van der Waals surface area contributed by atoms with Gasteiger partial charge in [0.2, 0.25) is 5.91 Å². The number of methoxy groups -OCH3 is 1. The van der Waals surface area contributed by atoms with Crippen LogP contribution in [0, 0.1) is 5.92 Å². The summed E-state index contributed by atoms with van der Waals surface area (Å²) in [6.07, 6.45) is 5.64. The zero-order valence-electron chi connectivity index (χ0n) is 22.1. The SMILES string of the molecule is COc1ccccc1C(=O)Nc1ccc(-n2ncc3c(=O)n(CC4(O)CCN(C(=O)C5CC5)CC4)cnc32)cc1. The summed E-state index contributed by atoms with van der Waals surface area (Å²) in [4.78, 5) is 44.6. The molecule has 1 aliphatic carbocycles. The number of fused-ring (bicyclic) bond motifs is 1. The van der Waals surface area contributed by atoms with Crippen LogP contribution in [0.3, 0.4) is 0 Å². The van der Waals surface area contributed by atoms with Crippen LogP contribution in [0.15, 0.2) is 65.8 Å². The Labute approximate surface area is 230 Å². The lowest BCUT2D eigenvalue weighted by Crippen LogP contribution is -2.50. The molecule has 3 heterocycles. The van der Waals surface area contributed by atoms with Crippen molar-refractivity contribution in [2.45, 2.75) is 37.8 Å². The van der Waals surface area contributed by atoms with Gasteiger partial charge in [-0.15, -0.1) is 0 Å². The summed E-state index contributed by atoms with van der Waals surface area (Å²) in [5.41, 5.74) is 0.700. The van der Waals surface area contributed by atoms with E-state index in [-0.39, 0.29) is 29.8 Å². The molecular formula is C29H30N6O5. The largest absolute Gasteiger partial charge is 0.496 e. The summed E-state index contributed by atoms with van der Waals surface area (Å²) in [6, 6.07) is 14.0. The van der Waals surface area contributed by atoms with Crippen LogP contribution in [0.1, 0.15) is 36.0 Å². The molecule has 1 saturated heterocycles. The fourth-order valence-corrected chi connectivity index (χ4v) is 5.17. The number of nitrogens with one attached hydrogen (secondary N) is 1. The fraction of sp³-hybridized carbons (Fsp3) is 0.345. The number of aromatic nitrogens is 4. The number of anilines is 1. The van der Waals surface area contributed by atoms with Gasteiger partial charge in [0.05, 0.1) is 36.7 Å². The van der Waals surface area contributed by atoms with Gasteiger partial charge in [0.1, 0.15) is 17.5 Å². The lowest BCUT2D eigenvalue weighted by atomic mass is 9.91. The molecule has 6 rings (SSSR count). The Morgan fingerprint density at radius 2 is 1.82 bits per heavy atom. The number of hydrogen-bond acceptors (Lipinski definition) is 7. The maximum absolute atomic E-state index is 13.3. The number of ether oxygens (including phenoxy) is 1. The van der Waals surface area contributed by atoms with Crippen molar-refractivity contribution in [1.82, 2.24) is 24.2 Å². The normalized spacial score (nSPS) is 16.6. The molecule has 2 fully saturated rings. The predicted molar refractivity (Wildman–Crippen MR) is 148 cm³/mol. The van der Waals surface area contributed by atoms with Crippen molar-refractivity contribution in [2.24, 2.45) is 5.92 Å². The van der Waals surface area contributed by atoms with Crippen molar-refractivity contribution in [3.63, 3.8) is 0 Å². The van der Waals surface area contributed by atoms with E-state index in [0.717, 1.165) is 12.8 Å². The zero-order chi connectivity index (χ0) is 27.9. The first-order chi connectivity index (χ1) is 19.3. The average molecular weight is 543 g/mol. The number of carbonyl (C=O) groups excluding carboxylic acids is 2. The van der Waals surface area contributed by atoms with Gasteiger partial charge in [-0.3, -0.25) is 19.0 Å². The van der Waals surface area contributed by atoms with Gasteiger partial charge in [0.25, 0.3) is 11.5 Å². The molecule has 2 aromatic carbocycles. The van der Waals surface area contributed by atoms with Gasteiger partial charge in [-0.2, -0.15) is 5.10 Å². The Bertz CT molecular complexity index is 1630. The van der Waals surface area contributed by atoms with Crippen molar-refractivity contribution < 1.29 is 19.4 Å². The number of piperidine rings is 1. The van der Waals surface area contributed by atoms with E-state index in [9.17, 15) is 19.5 Å². The summed E-state index contributed by atoms with van der Waals surface area (Å²) in [6.45, 7) is 1.08. The number of amides is 2. The number of aliphatic hydroxyl groups is 1. The van der Waals surface area contributed by atoms with Crippen LogP contribution < -0.4 is 15.6 Å². The van der Waals surface area contributed by atoms with E-state index in [1.54, 1.807) is 53.2 Å². The second-order valence-corrected chi connectivity index (χ2v) is 10.5. The Kier molecular flexibility index (Phi) is 6.59. The summed E-state index contributed by atoms with van der Waals surface area (Å²) in [5.74, 6) is 0.531. The molecule has 11 nitrogen and oxygen atoms in total. The Morgan fingerprint density at radius 1 is 1.10 bits per heavy atom. The molecule has 0 atom stereocenters. The smallest absolute Gasteiger partial charge is 0.264 e. The predicted octanol–water partition coefficient (Wildman–Crippen LogP) is 2.61. The minimum absolute atomic E-state index is 0.103. The van der Waals surface area contributed by atoms with Gasteiger partial charge in [0, 0.05) is 24.7 Å². The summed E-state index contributed by atoms with van der Waals surface area (Å²) in [7, 11) is 1.52. The molecule has 2 N–H and O–H groups in total. The average Bonchev–Trinajstić information content (AvgIpc) is 3.74. The molecular weight excluding hydrogens is 512 g/mol. The highest BCUT2D eigenvalue weighted by molar-refractivity contribution is 6.06. The third kappa shape index (κ3) is 4.95. The van der Waals surface area contributed by atoms with Crippen molar-refractivity contribution in [3.05, 3.63) is 77.0 Å². The number of para-hydroxylation sites is 1. The van der Waals surface area contributed by atoms with Gasteiger partial charge < -0.3 is 20.1 Å². The van der Waals surface area contributed by atoms with Gasteiger partial charge in [-0.05, 0) is 62.1 Å².